The molecule has 3 heterocycles. The van der Waals surface area contributed by atoms with Crippen LogP contribution in [-0.2, 0) is 23.4 Å². The number of fused-ring (bicyclic) bond motifs is 1. The van der Waals surface area contributed by atoms with E-state index in [0.29, 0.717) is 23.4 Å². The number of carbonyl (C=O) groups is 1. The number of alkyl halides is 2. The number of aliphatic hydroxyl groups is 1. The van der Waals surface area contributed by atoms with Gasteiger partial charge in [-0.2, -0.15) is 15.1 Å². The van der Waals surface area contributed by atoms with Crippen molar-refractivity contribution in [1.29, 1.82) is 0 Å². The zero-order valence-electron chi connectivity index (χ0n) is 25.9. The molecular formula is C29H38F2N7O7P. The number of rotatable bonds is 13. The molecule has 0 amide bonds. The number of esters is 1. The first-order valence-corrected chi connectivity index (χ1v) is 16.7. The zero-order valence-corrected chi connectivity index (χ0v) is 26.8. The number of imidazole rings is 1. The number of hydrogen-bond donors (Lipinski definition) is 3. The van der Waals surface area contributed by atoms with E-state index < -0.39 is 56.3 Å². The summed E-state index contributed by atoms with van der Waals surface area (Å²) in [6.45, 7) is 4.34. The Balaban J connectivity index is 1.27. The van der Waals surface area contributed by atoms with Crippen LogP contribution in [-0.4, -0.2) is 79.1 Å². The molecule has 0 spiro atoms. The lowest BCUT2D eigenvalue weighted by Crippen LogP contribution is -2.47. The van der Waals surface area contributed by atoms with E-state index in [9.17, 15) is 14.5 Å². The van der Waals surface area contributed by atoms with Gasteiger partial charge in [0.05, 0.1) is 12.4 Å². The molecule has 0 radical (unpaired) electrons. The number of nitrogens with zero attached hydrogens (tertiary/aromatic N) is 5. The Bertz CT molecular complexity index is 1630. The fraction of sp³-hybridized carbons (Fsp3) is 0.586. The predicted molar refractivity (Wildman–Crippen MR) is 162 cm³/mol. The van der Waals surface area contributed by atoms with E-state index in [0.717, 1.165) is 37.2 Å². The molecule has 6 atom stereocenters. The van der Waals surface area contributed by atoms with Gasteiger partial charge in [-0.05, 0) is 65.5 Å². The number of anilines is 2. The molecular weight excluding hydrogens is 627 g/mol. The Morgan fingerprint density at radius 1 is 1.20 bits per heavy atom. The highest BCUT2D eigenvalue weighted by molar-refractivity contribution is 7.52. The van der Waals surface area contributed by atoms with Crippen molar-refractivity contribution in [2.45, 2.75) is 101 Å². The number of nitrogen functional groups attached to an aromatic ring is 1. The lowest BCUT2D eigenvalue weighted by molar-refractivity contribution is -0.202. The van der Waals surface area contributed by atoms with Gasteiger partial charge < -0.3 is 29.7 Å². The number of ether oxygens (including phenoxy) is 2. The largest absolute Gasteiger partial charge is 0.462 e. The van der Waals surface area contributed by atoms with E-state index in [-0.39, 0.29) is 17.3 Å². The molecule has 0 unspecified atom stereocenters. The molecule has 3 aromatic rings. The van der Waals surface area contributed by atoms with Crippen molar-refractivity contribution >= 4 is 36.6 Å². The average molecular weight is 666 g/mol. The van der Waals surface area contributed by atoms with Gasteiger partial charge in [0.2, 0.25) is 5.95 Å². The summed E-state index contributed by atoms with van der Waals surface area (Å²) in [5, 5.41) is 13.4. The summed E-state index contributed by atoms with van der Waals surface area (Å²) in [5.41, 5.74) is 3.74. The first-order valence-electron chi connectivity index (χ1n) is 15.2. The highest BCUT2D eigenvalue weighted by Gasteiger charge is 2.65. The number of carbonyl (C=O) groups excluding carboxylic acids is 1. The number of aromatic nitrogens is 4. The lowest BCUT2D eigenvalue weighted by atomic mass is 9.97. The third-order valence-electron chi connectivity index (χ3n) is 7.99. The fourth-order valence-electron chi connectivity index (χ4n) is 5.49. The van der Waals surface area contributed by atoms with Gasteiger partial charge in [-0.15, -0.1) is 0 Å². The topological polar surface area (TPSA) is 176 Å². The van der Waals surface area contributed by atoms with Crippen molar-refractivity contribution in [1.82, 2.24) is 24.6 Å². The summed E-state index contributed by atoms with van der Waals surface area (Å²) in [5.74, 6) is -3.51. The van der Waals surface area contributed by atoms with Crippen LogP contribution in [0.3, 0.4) is 0 Å². The smallest absolute Gasteiger partial charge is 0.459 e. The Morgan fingerprint density at radius 2 is 1.85 bits per heavy atom. The molecule has 17 heteroatoms. The van der Waals surface area contributed by atoms with E-state index >= 15 is 8.78 Å². The molecule has 3 aliphatic rings. The number of nitrogens with two attached hydrogens (primary N) is 1. The predicted octanol–water partition coefficient (Wildman–Crippen LogP) is 3.96. The normalized spacial score (nSPS) is 28.3. The average Bonchev–Trinajstić information content (AvgIpc) is 3.93. The van der Waals surface area contributed by atoms with Crippen LogP contribution >= 0.6 is 7.75 Å². The van der Waals surface area contributed by atoms with E-state index in [4.69, 9.17) is 24.3 Å². The number of hydrogen-bond acceptors (Lipinski definition) is 12. The zero-order chi connectivity index (χ0) is 33.0. The second-order valence-corrected chi connectivity index (χ2v) is 14.1. The maximum absolute atomic E-state index is 16.5. The van der Waals surface area contributed by atoms with Crippen molar-refractivity contribution < 1.29 is 41.8 Å². The Labute approximate surface area is 264 Å². The molecule has 250 valence electrons. The van der Waals surface area contributed by atoms with E-state index in [1.165, 1.54) is 25.4 Å². The van der Waals surface area contributed by atoms with Crippen molar-refractivity contribution in [3.63, 3.8) is 0 Å². The minimum atomic E-state index is -4.57. The van der Waals surface area contributed by atoms with Crippen LogP contribution < -0.4 is 20.2 Å². The first-order chi connectivity index (χ1) is 21.7. The molecule has 2 saturated carbocycles. The highest BCUT2D eigenvalue weighted by atomic mass is 31.2. The minimum Gasteiger partial charge on any atom is -0.462 e. The summed E-state index contributed by atoms with van der Waals surface area (Å²) in [7, 11) is -4.57. The standard InChI is InChI=1S/C29H38F2N7O7P/c1-16(2)43-24(39)17(3)36-46(41,45-20-8-6-5-7-9-20)42-14-29(31)25(40)28(4,30)26(44-29)37-15-33-21-22(37)34-27(32)35-23(21)38(18-10-11-18)19-12-13-19/h5-9,15-19,25-26,40H,10-14H2,1-4H3,(H,36,41)(H2,32,34,35)/t17-,25-,26+,28+,29+,46+/m0/s1. The molecule has 6 rings (SSSR count). The van der Waals surface area contributed by atoms with Crippen LogP contribution in [0.4, 0.5) is 20.5 Å². The summed E-state index contributed by atoms with van der Waals surface area (Å²) < 4.78 is 69.5. The molecule has 2 aliphatic carbocycles. The monoisotopic (exact) mass is 665 g/mol. The first kappa shape index (κ1) is 32.5. The number of nitrogens with one attached hydrogen (secondary N) is 1. The Morgan fingerprint density at radius 3 is 2.46 bits per heavy atom. The van der Waals surface area contributed by atoms with Gasteiger partial charge >= 0.3 is 13.7 Å². The van der Waals surface area contributed by atoms with Gasteiger partial charge in [-0.3, -0.25) is 13.9 Å². The van der Waals surface area contributed by atoms with Crippen LogP contribution in [0, 0.1) is 0 Å². The summed E-state index contributed by atoms with van der Waals surface area (Å²) in [4.78, 5) is 27.8. The lowest BCUT2D eigenvalue weighted by Gasteiger charge is -2.28. The van der Waals surface area contributed by atoms with Gasteiger partial charge in [-0.1, -0.05) is 18.2 Å². The van der Waals surface area contributed by atoms with Crippen LogP contribution in [0.5, 0.6) is 5.75 Å². The number of benzene rings is 1. The molecule has 2 aromatic heterocycles. The number of para-hydroxylation sites is 1. The highest BCUT2D eigenvalue weighted by Crippen LogP contribution is 2.52. The van der Waals surface area contributed by atoms with E-state index in [1.54, 1.807) is 32.0 Å². The molecule has 1 aromatic carbocycles. The molecule has 3 fully saturated rings. The summed E-state index contributed by atoms with van der Waals surface area (Å²) in [6, 6.07) is 7.18. The third kappa shape index (κ3) is 6.41. The molecule has 1 aliphatic heterocycles. The Hall–Kier alpha value is -3.43. The van der Waals surface area contributed by atoms with Crippen LogP contribution in [0.2, 0.25) is 0 Å². The molecule has 46 heavy (non-hydrogen) atoms. The minimum absolute atomic E-state index is 0.0705. The SMILES string of the molecule is CC(C)OC(=O)[C@H](C)N[P@@](=O)(OC[C@@]1(F)O[C@@H](n2cnc3c(N(C4CC4)C4CC4)nc(N)nc32)[C@](C)(F)[C@@H]1O)Oc1ccccc1. The second-order valence-electron chi connectivity index (χ2n) is 12.4. The van der Waals surface area contributed by atoms with Gasteiger partial charge in [-0.25, -0.2) is 18.3 Å². The molecule has 14 nitrogen and oxygen atoms in total. The van der Waals surface area contributed by atoms with Crippen LogP contribution in [0.25, 0.3) is 11.2 Å². The quantitative estimate of drug-likeness (QED) is 0.177. The van der Waals surface area contributed by atoms with Crippen LogP contribution in [0.15, 0.2) is 36.7 Å². The fourth-order valence-corrected chi connectivity index (χ4v) is 6.99. The number of aliphatic hydroxyl groups excluding tert-OH is 1. The van der Waals surface area contributed by atoms with E-state index in [2.05, 4.69) is 24.9 Å². The van der Waals surface area contributed by atoms with Gasteiger partial charge in [0.15, 0.2) is 35.0 Å². The third-order valence-corrected chi connectivity index (χ3v) is 9.61. The molecule has 4 N–H and O–H groups in total. The van der Waals surface area contributed by atoms with Crippen molar-refractivity contribution in [2.24, 2.45) is 0 Å². The van der Waals surface area contributed by atoms with Gasteiger partial charge in [0.1, 0.15) is 18.4 Å². The summed E-state index contributed by atoms with van der Waals surface area (Å²) in [6.07, 6.45) is 0.536. The van der Waals surface area contributed by atoms with Gasteiger partial charge in [0, 0.05) is 12.1 Å². The Kier molecular flexibility index (Phi) is 8.47. The van der Waals surface area contributed by atoms with Crippen molar-refractivity contribution in [3.05, 3.63) is 36.7 Å². The van der Waals surface area contributed by atoms with Crippen molar-refractivity contribution in [3.8, 4) is 5.75 Å². The summed E-state index contributed by atoms with van der Waals surface area (Å²) >= 11 is 0. The maximum Gasteiger partial charge on any atom is 0.459 e. The molecule has 1 saturated heterocycles. The van der Waals surface area contributed by atoms with Crippen LogP contribution in [0.1, 0.15) is 59.6 Å². The van der Waals surface area contributed by atoms with Crippen molar-refractivity contribution in [2.75, 3.05) is 17.2 Å². The van der Waals surface area contributed by atoms with Gasteiger partial charge in [0.25, 0.3) is 5.85 Å². The molecule has 0 bridgehead atoms. The maximum atomic E-state index is 16.5. The number of halogens is 2. The second kappa shape index (κ2) is 12.0. The van der Waals surface area contributed by atoms with E-state index in [1.807, 2.05) is 0 Å².